The number of aromatic nitrogens is 4. The van der Waals surface area contributed by atoms with Gasteiger partial charge in [-0.1, -0.05) is 0 Å². The molecular formula is C13H16N6S. The summed E-state index contributed by atoms with van der Waals surface area (Å²) in [6.07, 6.45) is 3.53. The lowest BCUT2D eigenvalue weighted by Crippen LogP contribution is -2.29. The van der Waals surface area contributed by atoms with E-state index >= 15 is 0 Å². The molecule has 0 saturated carbocycles. The molecule has 0 spiro atoms. The van der Waals surface area contributed by atoms with Crippen LogP contribution in [0, 0.1) is 18.8 Å². The first-order valence-corrected chi connectivity index (χ1v) is 7.59. The van der Waals surface area contributed by atoms with Gasteiger partial charge in [0, 0.05) is 49.8 Å². The summed E-state index contributed by atoms with van der Waals surface area (Å²) in [5, 5.41) is 0. The van der Waals surface area contributed by atoms with Gasteiger partial charge in [-0.2, -0.15) is 8.75 Å². The van der Waals surface area contributed by atoms with Crippen LogP contribution in [0.2, 0.25) is 0 Å². The van der Waals surface area contributed by atoms with Crippen LogP contribution in [0.25, 0.3) is 0 Å². The summed E-state index contributed by atoms with van der Waals surface area (Å²) in [4.78, 5) is 13.3. The lowest BCUT2D eigenvalue weighted by molar-refractivity contribution is 0.533. The first-order valence-electron chi connectivity index (χ1n) is 6.86. The maximum absolute atomic E-state index is 4.40. The Hall–Kier alpha value is -1.76. The van der Waals surface area contributed by atoms with Crippen molar-refractivity contribution in [2.45, 2.75) is 6.92 Å². The van der Waals surface area contributed by atoms with Crippen LogP contribution in [-0.4, -0.2) is 44.9 Å². The molecule has 7 heteroatoms. The van der Waals surface area contributed by atoms with Crippen molar-refractivity contribution in [3.8, 4) is 0 Å². The van der Waals surface area contributed by atoms with Crippen molar-refractivity contribution < 1.29 is 0 Å². The minimum Gasteiger partial charge on any atom is -0.356 e. The summed E-state index contributed by atoms with van der Waals surface area (Å²) < 4.78 is 8.43. The Kier molecular flexibility index (Phi) is 2.80. The molecule has 20 heavy (non-hydrogen) atoms. The largest absolute Gasteiger partial charge is 0.356 e. The van der Waals surface area contributed by atoms with E-state index in [0.717, 1.165) is 43.5 Å². The maximum atomic E-state index is 4.40. The van der Waals surface area contributed by atoms with Crippen LogP contribution < -0.4 is 9.80 Å². The molecule has 2 atom stereocenters. The summed E-state index contributed by atoms with van der Waals surface area (Å²) >= 11 is 1.28. The van der Waals surface area contributed by atoms with Gasteiger partial charge in [-0.3, -0.25) is 0 Å². The van der Waals surface area contributed by atoms with Gasteiger partial charge < -0.3 is 9.80 Å². The third kappa shape index (κ3) is 2.02. The fraction of sp³-hybridized carbons (Fsp3) is 0.538. The fourth-order valence-electron chi connectivity index (χ4n) is 3.28. The Bertz CT molecular complexity index is 587. The normalized spacial score (nSPS) is 25.2. The van der Waals surface area contributed by atoms with E-state index in [4.69, 9.17) is 0 Å². The second kappa shape index (κ2) is 4.66. The fourth-order valence-corrected chi connectivity index (χ4v) is 3.71. The summed E-state index contributed by atoms with van der Waals surface area (Å²) in [7, 11) is 0. The molecule has 0 N–H and O–H groups in total. The molecule has 0 aromatic carbocycles. The van der Waals surface area contributed by atoms with Crippen LogP contribution in [0.5, 0.6) is 0 Å². The highest BCUT2D eigenvalue weighted by atomic mass is 32.1. The van der Waals surface area contributed by atoms with E-state index in [1.165, 1.54) is 11.7 Å². The van der Waals surface area contributed by atoms with Gasteiger partial charge in [-0.15, -0.1) is 0 Å². The molecule has 2 aromatic heterocycles. The number of rotatable bonds is 2. The Labute approximate surface area is 121 Å². The SMILES string of the molecule is Cc1cc(N2CC3CN(c4cnsn4)CC3C2)ncn1. The zero-order valence-corrected chi connectivity index (χ0v) is 12.1. The molecule has 104 valence electrons. The minimum absolute atomic E-state index is 0.701. The lowest BCUT2D eigenvalue weighted by atomic mass is 10.0. The number of hydrogen-bond donors (Lipinski definition) is 0. The highest BCUT2D eigenvalue weighted by molar-refractivity contribution is 6.99. The first kappa shape index (κ1) is 12.0. The first-order chi connectivity index (χ1) is 9.79. The van der Waals surface area contributed by atoms with Gasteiger partial charge in [-0.05, 0) is 6.92 Å². The van der Waals surface area contributed by atoms with Crippen molar-refractivity contribution in [3.05, 3.63) is 24.3 Å². The Morgan fingerprint density at radius 2 is 1.75 bits per heavy atom. The van der Waals surface area contributed by atoms with Crippen LogP contribution in [0.15, 0.2) is 18.6 Å². The van der Waals surface area contributed by atoms with Crippen LogP contribution in [0.1, 0.15) is 5.69 Å². The molecule has 2 aliphatic rings. The number of anilines is 2. The van der Waals surface area contributed by atoms with Crippen LogP contribution in [0.3, 0.4) is 0 Å². The van der Waals surface area contributed by atoms with Gasteiger partial charge in [0.2, 0.25) is 0 Å². The number of hydrogen-bond acceptors (Lipinski definition) is 7. The molecule has 0 amide bonds. The van der Waals surface area contributed by atoms with Crippen LogP contribution >= 0.6 is 11.7 Å². The predicted octanol–water partition coefficient (Wildman–Crippen LogP) is 1.21. The van der Waals surface area contributed by atoms with Gasteiger partial charge in [0.1, 0.15) is 12.1 Å². The van der Waals surface area contributed by atoms with Gasteiger partial charge >= 0.3 is 0 Å². The minimum atomic E-state index is 0.701. The molecule has 2 fully saturated rings. The van der Waals surface area contributed by atoms with E-state index in [9.17, 15) is 0 Å². The number of aryl methyl sites for hydroxylation is 1. The molecule has 4 heterocycles. The van der Waals surface area contributed by atoms with Crippen molar-refractivity contribution in [1.29, 1.82) is 0 Å². The molecule has 4 rings (SSSR count). The van der Waals surface area contributed by atoms with E-state index in [1.807, 2.05) is 13.1 Å². The average molecular weight is 288 g/mol. The molecule has 2 unspecified atom stereocenters. The van der Waals surface area contributed by atoms with E-state index in [1.54, 1.807) is 6.33 Å². The van der Waals surface area contributed by atoms with Crippen LogP contribution in [0.4, 0.5) is 11.6 Å². The molecule has 2 aromatic rings. The molecule has 0 bridgehead atoms. The Balaban J connectivity index is 1.47. The number of fused-ring (bicyclic) bond motifs is 1. The van der Waals surface area contributed by atoms with Gasteiger partial charge in [0.25, 0.3) is 0 Å². The predicted molar refractivity (Wildman–Crippen MR) is 78.1 cm³/mol. The molecule has 0 aliphatic carbocycles. The van der Waals surface area contributed by atoms with Crippen molar-refractivity contribution >= 4 is 23.4 Å². The molecule has 0 radical (unpaired) electrons. The van der Waals surface area contributed by atoms with E-state index < -0.39 is 0 Å². The van der Waals surface area contributed by atoms with Crippen molar-refractivity contribution in [3.63, 3.8) is 0 Å². The van der Waals surface area contributed by atoms with Crippen molar-refractivity contribution in [2.75, 3.05) is 36.0 Å². The zero-order valence-electron chi connectivity index (χ0n) is 11.3. The monoisotopic (exact) mass is 288 g/mol. The van der Waals surface area contributed by atoms with E-state index in [-0.39, 0.29) is 0 Å². The zero-order chi connectivity index (χ0) is 13.5. The third-order valence-electron chi connectivity index (χ3n) is 4.27. The third-order valence-corrected chi connectivity index (χ3v) is 4.74. The molecule has 2 aliphatic heterocycles. The summed E-state index contributed by atoms with van der Waals surface area (Å²) in [5.74, 6) is 3.50. The molecule has 6 nitrogen and oxygen atoms in total. The van der Waals surface area contributed by atoms with Gasteiger partial charge in [0.15, 0.2) is 5.82 Å². The maximum Gasteiger partial charge on any atom is 0.162 e. The van der Waals surface area contributed by atoms with Gasteiger partial charge in [-0.25, -0.2) is 9.97 Å². The standard InChI is InChI=1S/C13H16N6S/c1-9-2-12(15-8-14-9)18-4-10-6-19(7-11(10)5-18)13-3-16-20-17-13/h2-3,8,10-11H,4-7H2,1H3. The second-order valence-corrected chi connectivity index (χ2v) is 6.17. The quantitative estimate of drug-likeness (QED) is 0.828. The Morgan fingerprint density at radius 3 is 2.35 bits per heavy atom. The second-order valence-electron chi connectivity index (χ2n) is 5.61. The highest BCUT2D eigenvalue weighted by Crippen LogP contribution is 2.34. The van der Waals surface area contributed by atoms with E-state index in [2.05, 4.69) is 34.6 Å². The lowest BCUT2D eigenvalue weighted by Gasteiger charge is -2.22. The molecular weight excluding hydrogens is 272 g/mol. The van der Waals surface area contributed by atoms with Crippen molar-refractivity contribution in [2.24, 2.45) is 11.8 Å². The highest BCUT2D eigenvalue weighted by Gasteiger charge is 2.41. The summed E-state index contributed by atoms with van der Waals surface area (Å²) in [5.41, 5.74) is 1.03. The summed E-state index contributed by atoms with van der Waals surface area (Å²) in [6.45, 7) is 6.33. The Morgan fingerprint density at radius 1 is 1.05 bits per heavy atom. The summed E-state index contributed by atoms with van der Waals surface area (Å²) in [6, 6.07) is 2.07. The van der Waals surface area contributed by atoms with E-state index in [0.29, 0.717) is 11.8 Å². The van der Waals surface area contributed by atoms with Crippen LogP contribution in [-0.2, 0) is 0 Å². The average Bonchev–Trinajstić information content (AvgIpc) is 3.13. The van der Waals surface area contributed by atoms with Gasteiger partial charge in [0.05, 0.1) is 17.9 Å². The topological polar surface area (TPSA) is 58.0 Å². The smallest absolute Gasteiger partial charge is 0.162 e. The van der Waals surface area contributed by atoms with Crippen molar-refractivity contribution in [1.82, 2.24) is 18.7 Å². The molecule has 2 saturated heterocycles. The number of nitrogens with zero attached hydrogens (tertiary/aromatic N) is 6.